The highest BCUT2D eigenvalue weighted by Crippen LogP contribution is 2.42. The average Bonchev–Trinajstić information content (AvgIpc) is 3.34. The molecule has 0 unspecified atom stereocenters. The fourth-order valence-corrected chi connectivity index (χ4v) is 4.69. The zero-order valence-corrected chi connectivity index (χ0v) is 18.0. The number of ether oxygens (including phenoxy) is 2. The number of allylic oxidation sites excluding steroid dienone is 1. The second-order valence-corrected chi connectivity index (χ2v) is 8.63. The van der Waals surface area contributed by atoms with Crippen LogP contribution in [0.4, 0.5) is 0 Å². The highest BCUT2D eigenvalue weighted by molar-refractivity contribution is 7.10. The number of aromatic hydroxyl groups is 1. The zero-order valence-electron chi connectivity index (χ0n) is 17.1. The first-order chi connectivity index (χ1) is 14.5. The van der Waals surface area contributed by atoms with Gasteiger partial charge in [-0.25, -0.2) is 0 Å². The Morgan fingerprint density at radius 1 is 1.40 bits per heavy atom. The van der Waals surface area contributed by atoms with Crippen LogP contribution in [0.5, 0.6) is 11.5 Å². The van der Waals surface area contributed by atoms with Crippen molar-refractivity contribution in [2.75, 3.05) is 19.7 Å². The van der Waals surface area contributed by atoms with Gasteiger partial charge in [-0.3, -0.25) is 14.5 Å². The molecule has 2 aliphatic rings. The molecule has 1 aromatic carbocycles. The molecule has 1 saturated heterocycles. The standard InChI is InChI=1S/C23H25NO5S/c1-3-28-23(27)15-6-8-24(9-7-15)13-17-18(25)11-14(2)20-21(26)19(29-22(17)20)12-16-5-4-10-30-16/h4-5,10-12,15,25H,3,6-9,13H2,1-2H3. The number of carbonyl (C=O) groups is 2. The highest BCUT2D eigenvalue weighted by Gasteiger charge is 2.34. The first-order valence-corrected chi connectivity index (χ1v) is 11.1. The lowest BCUT2D eigenvalue weighted by Crippen LogP contribution is -2.36. The van der Waals surface area contributed by atoms with E-state index in [2.05, 4.69) is 4.90 Å². The second-order valence-electron chi connectivity index (χ2n) is 7.65. The summed E-state index contributed by atoms with van der Waals surface area (Å²) in [4.78, 5) is 28.0. The number of rotatable bonds is 5. The molecule has 0 aliphatic carbocycles. The van der Waals surface area contributed by atoms with Crippen LogP contribution in [0.1, 0.15) is 46.1 Å². The van der Waals surface area contributed by atoms with E-state index in [1.54, 1.807) is 12.1 Å². The van der Waals surface area contributed by atoms with Gasteiger partial charge in [0.1, 0.15) is 11.5 Å². The Morgan fingerprint density at radius 2 is 2.17 bits per heavy atom. The van der Waals surface area contributed by atoms with E-state index >= 15 is 0 Å². The summed E-state index contributed by atoms with van der Waals surface area (Å²) in [5.41, 5.74) is 1.84. The van der Waals surface area contributed by atoms with Gasteiger partial charge in [0.2, 0.25) is 5.78 Å². The monoisotopic (exact) mass is 427 g/mol. The molecule has 0 spiro atoms. The maximum atomic E-state index is 12.9. The molecule has 0 atom stereocenters. The Hall–Kier alpha value is -2.64. The van der Waals surface area contributed by atoms with Crippen LogP contribution in [0, 0.1) is 12.8 Å². The number of piperidine rings is 1. The number of esters is 1. The fourth-order valence-electron chi connectivity index (χ4n) is 4.05. The Bertz CT molecular complexity index is 988. The van der Waals surface area contributed by atoms with Crippen LogP contribution in [-0.2, 0) is 16.1 Å². The minimum absolute atomic E-state index is 0.0725. The molecule has 1 fully saturated rings. The molecule has 0 radical (unpaired) electrons. The molecule has 7 heteroatoms. The molecule has 2 aromatic rings. The third-order valence-electron chi connectivity index (χ3n) is 5.63. The van der Waals surface area contributed by atoms with Gasteiger partial charge in [-0.15, -0.1) is 11.3 Å². The summed E-state index contributed by atoms with van der Waals surface area (Å²) in [6, 6.07) is 5.48. The molecule has 0 bridgehead atoms. The molecule has 2 aliphatic heterocycles. The summed E-state index contributed by atoms with van der Waals surface area (Å²) in [5.74, 6) is 0.503. The van der Waals surface area contributed by atoms with E-state index in [4.69, 9.17) is 9.47 Å². The quantitative estimate of drug-likeness (QED) is 0.571. The number of benzene rings is 1. The van der Waals surface area contributed by atoms with Crippen molar-refractivity contribution >= 4 is 29.2 Å². The number of ketones is 1. The van der Waals surface area contributed by atoms with Crippen molar-refractivity contribution in [3.63, 3.8) is 0 Å². The molecule has 3 heterocycles. The van der Waals surface area contributed by atoms with E-state index in [1.807, 2.05) is 31.4 Å². The molecule has 158 valence electrons. The summed E-state index contributed by atoms with van der Waals surface area (Å²) in [5, 5.41) is 12.6. The molecule has 4 rings (SSSR count). The van der Waals surface area contributed by atoms with Crippen molar-refractivity contribution in [2.24, 2.45) is 5.92 Å². The van der Waals surface area contributed by atoms with Crippen LogP contribution >= 0.6 is 11.3 Å². The van der Waals surface area contributed by atoms with E-state index in [0.717, 1.165) is 30.8 Å². The van der Waals surface area contributed by atoms with Gasteiger partial charge < -0.3 is 14.6 Å². The van der Waals surface area contributed by atoms with Crippen LogP contribution in [0.25, 0.3) is 6.08 Å². The van der Waals surface area contributed by atoms with Crippen molar-refractivity contribution in [1.82, 2.24) is 4.90 Å². The number of carbonyl (C=O) groups excluding carboxylic acids is 2. The van der Waals surface area contributed by atoms with E-state index < -0.39 is 0 Å². The molecule has 30 heavy (non-hydrogen) atoms. The molecule has 1 aromatic heterocycles. The Labute approximate surface area is 179 Å². The van der Waals surface area contributed by atoms with Crippen molar-refractivity contribution in [1.29, 1.82) is 0 Å². The maximum Gasteiger partial charge on any atom is 0.309 e. The normalized spacial score (nSPS) is 18.5. The lowest BCUT2D eigenvalue weighted by molar-refractivity contribution is -0.149. The Kier molecular flexibility index (Phi) is 5.92. The number of phenols is 1. The summed E-state index contributed by atoms with van der Waals surface area (Å²) in [6.07, 6.45) is 3.19. The molecule has 0 saturated carbocycles. The Balaban J connectivity index is 1.54. The number of fused-ring (bicyclic) bond motifs is 1. The van der Waals surface area contributed by atoms with Gasteiger partial charge >= 0.3 is 5.97 Å². The van der Waals surface area contributed by atoms with Gasteiger partial charge in [0.25, 0.3) is 0 Å². The van der Waals surface area contributed by atoms with Crippen LogP contribution in [-0.4, -0.2) is 41.5 Å². The largest absolute Gasteiger partial charge is 0.507 e. The Morgan fingerprint density at radius 3 is 2.83 bits per heavy atom. The highest BCUT2D eigenvalue weighted by atomic mass is 32.1. The number of aryl methyl sites for hydroxylation is 1. The van der Waals surface area contributed by atoms with Crippen LogP contribution in [0.2, 0.25) is 0 Å². The van der Waals surface area contributed by atoms with Crippen LogP contribution in [0.15, 0.2) is 29.3 Å². The third-order valence-corrected chi connectivity index (χ3v) is 6.45. The summed E-state index contributed by atoms with van der Waals surface area (Å²) in [6.45, 7) is 5.92. The zero-order chi connectivity index (χ0) is 21.3. The number of Topliss-reactive ketones (excluding diaryl/α,β-unsaturated/α-hetero) is 1. The first-order valence-electron chi connectivity index (χ1n) is 10.2. The number of phenolic OH excluding ortho intramolecular Hbond substituents is 1. The fraction of sp³-hybridized carbons (Fsp3) is 0.391. The van der Waals surface area contributed by atoms with Crippen molar-refractivity contribution in [3.8, 4) is 11.5 Å². The van der Waals surface area contributed by atoms with E-state index in [-0.39, 0.29) is 29.2 Å². The van der Waals surface area contributed by atoms with Crippen LogP contribution in [0.3, 0.4) is 0 Å². The number of hydrogen-bond acceptors (Lipinski definition) is 7. The maximum absolute atomic E-state index is 12.9. The number of hydrogen-bond donors (Lipinski definition) is 1. The van der Waals surface area contributed by atoms with Gasteiger partial charge in [0, 0.05) is 17.5 Å². The smallest absolute Gasteiger partial charge is 0.309 e. The predicted octanol–water partition coefficient (Wildman–Crippen LogP) is 4.15. The summed E-state index contributed by atoms with van der Waals surface area (Å²) in [7, 11) is 0. The van der Waals surface area contributed by atoms with Gasteiger partial charge in [-0.05, 0) is 62.9 Å². The number of nitrogens with zero attached hydrogens (tertiary/aromatic N) is 1. The summed E-state index contributed by atoms with van der Waals surface area (Å²) >= 11 is 1.53. The topological polar surface area (TPSA) is 76.1 Å². The summed E-state index contributed by atoms with van der Waals surface area (Å²) < 4.78 is 11.1. The third kappa shape index (κ3) is 4.00. The lowest BCUT2D eigenvalue weighted by Gasteiger charge is -2.31. The second kappa shape index (κ2) is 8.62. The first kappa shape index (κ1) is 20.6. The average molecular weight is 428 g/mol. The van der Waals surface area contributed by atoms with E-state index in [1.165, 1.54) is 11.3 Å². The van der Waals surface area contributed by atoms with Gasteiger partial charge in [0.05, 0.1) is 23.7 Å². The van der Waals surface area contributed by atoms with Crippen molar-refractivity contribution in [3.05, 3.63) is 50.9 Å². The van der Waals surface area contributed by atoms with E-state index in [0.29, 0.717) is 35.6 Å². The molecule has 0 amide bonds. The lowest BCUT2D eigenvalue weighted by atomic mass is 9.95. The van der Waals surface area contributed by atoms with Gasteiger partial charge in [-0.1, -0.05) is 6.07 Å². The SMILES string of the molecule is CCOC(=O)C1CCN(Cc2c(O)cc(C)c3c2OC(=Cc2cccs2)C3=O)CC1. The predicted molar refractivity (Wildman–Crippen MR) is 115 cm³/mol. The molecule has 1 N–H and O–H groups in total. The minimum Gasteiger partial charge on any atom is -0.507 e. The number of likely N-dealkylation sites (tertiary alicyclic amines) is 1. The molecular weight excluding hydrogens is 402 g/mol. The van der Waals surface area contributed by atoms with Crippen molar-refractivity contribution < 1.29 is 24.2 Å². The van der Waals surface area contributed by atoms with Gasteiger partial charge in [0.15, 0.2) is 5.76 Å². The van der Waals surface area contributed by atoms with Crippen molar-refractivity contribution in [2.45, 2.75) is 33.2 Å². The number of thiophene rings is 1. The van der Waals surface area contributed by atoms with E-state index in [9.17, 15) is 14.7 Å². The van der Waals surface area contributed by atoms with Gasteiger partial charge in [-0.2, -0.15) is 0 Å². The minimum atomic E-state index is -0.154. The van der Waals surface area contributed by atoms with Crippen LogP contribution < -0.4 is 4.74 Å². The molecule has 6 nitrogen and oxygen atoms in total. The molecular formula is C23H25NO5S.